The van der Waals surface area contributed by atoms with Gasteiger partial charge in [0.25, 0.3) is 6.43 Å². The van der Waals surface area contributed by atoms with E-state index in [4.69, 9.17) is 10.5 Å². The van der Waals surface area contributed by atoms with Crippen LogP contribution in [0.1, 0.15) is 13.8 Å². The molecule has 0 spiro atoms. The predicted molar refractivity (Wildman–Crippen MR) is 78.6 cm³/mol. The van der Waals surface area contributed by atoms with Crippen molar-refractivity contribution >= 4 is 22.4 Å². The Morgan fingerprint density at radius 2 is 1.81 bits per heavy atom. The van der Waals surface area contributed by atoms with Crippen LogP contribution in [0, 0.1) is 0 Å². The Kier molecular flexibility index (Phi) is 7.52. The third-order valence-corrected chi connectivity index (χ3v) is 4.15. The van der Waals surface area contributed by atoms with Crippen LogP contribution in [0.4, 0.5) is 8.78 Å². The average molecular weight is 345 g/mol. The van der Waals surface area contributed by atoms with E-state index in [9.17, 15) is 17.2 Å². The van der Waals surface area contributed by atoms with Gasteiger partial charge in [-0.15, -0.1) is 12.4 Å². The highest BCUT2D eigenvalue weighted by Crippen LogP contribution is 2.18. The first kappa shape index (κ1) is 20.0. The van der Waals surface area contributed by atoms with Crippen LogP contribution < -0.4 is 15.2 Å². The Morgan fingerprint density at radius 1 is 1.29 bits per heavy atom. The lowest BCUT2D eigenvalue weighted by Crippen LogP contribution is -2.48. The Hall–Kier alpha value is -0.960. The molecular formula is C12H19ClF2N2O3S. The van der Waals surface area contributed by atoms with Crippen LogP contribution in [0.25, 0.3) is 0 Å². The van der Waals surface area contributed by atoms with E-state index >= 15 is 0 Å². The Labute approximate surface area is 129 Å². The number of alkyl halides is 2. The van der Waals surface area contributed by atoms with Crippen LogP contribution in [0.15, 0.2) is 29.2 Å². The maximum absolute atomic E-state index is 12.1. The van der Waals surface area contributed by atoms with E-state index in [0.29, 0.717) is 0 Å². The molecule has 9 heteroatoms. The molecule has 0 amide bonds. The van der Waals surface area contributed by atoms with Crippen LogP contribution >= 0.6 is 12.4 Å². The zero-order valence-corrected chi connectivity index (χ0v) is 13.3. The van der Waals surface area contributed by atoms with Gasteiger partial charge in [0, 0.05) is 12.1 Å². The number of rotatable bonds is 7. The van der Waals surface area contributed by atoms with Crippen molar-refractivity contribution in [1.29, 1.82) is 0 Å². The van der Waals surface area contributed by atoms with E-state index in [2.05, 4.69) is 4.72 Å². The second-order valence-electron chi connectivity index (χ2n) is 4.87. The number of benzene rings is 1. The van der Waals surface area contributed by atoms with E-state index in [1.807, 2.05) is 0 Å². The average Bonchev–Trinajstić information content (AvgIpc) is 2.35. The molecule has 21 heavy (non-hydrogen) atoms. The molecule has 3 N–H and O–H groups in total. The van der Waals surface area contributed by atoms with Gasteiger partial charge in [-0.05, 0) is 38.1 Å². The summed E-state index contributed by atoms with van der Waals surface area (Å²) >= 11 is 0. The summed E-state index contributed by atoms with van der Waals surface area (Å²) in [6.45, 7) is 2.72. The molecule has 122 valence electrons. The second kappa shape index (κ2) is 7.88. The van der Waals surface area contributed by atoms with Gasteiger partial charge in [0.15, 0.2) is 0 Å². The van der Waals surface area contributed by atoms with Crippen molar-refractivity contribution in [3.63, 3.8) is 0 Å². The van der Waals surface area contributed by atoms with Crippen molar-refractivity contribution in [2.24, 2.45) is 5.73 Å². The first-order valence-corrected chi connectivity index (χ1v) is 7.40. The lowest BCUT2D eigenvalue weighted by molar-refractivity contribution is 0.0819. The van der Waals surface area contributed by atoms with Crippen LogP contribution in [0.3, 0.4) is 0 Å². The van der Waals surface area contributed by atoms with Gasteiger partial charge in [-0.3, -0.25) is 0 Å². The zero-order chi connectivity index (χ0) is 15.4. The molecule has 1 aromatic rings. The number of nitrogens with one attached hydrogen (secondary N) is 1. The standard InChI is InChI=1S/C12H18F2N2O3S.ClH/c1-12(2,8-15)16-20(17,18)10-5-3-9(4-6-10)19-7-11(13)14;/h3-6,11,16H,7-8,15H2,1-2H3;1H. The number of ether oxygens (including phenoxy) is 1. The molecule has 0 saturated carbocycles. The molecule has 0 fully saturated rings. The number of sulfonamides is 1. The first-order valence-electron chi connectivity index (χ1n) is 5.91. The fourth-order valence-electron chi connectivity index (χ4n) is 1.34. The van der Waals surface area contributed by atoms with Gasteiger partial charge in [0.05, 0.1) is 4.90 Å². The highest BCUT2D eigenvalue weighted by molar-refractivity contribution is 7.89. The predicted octanol–water partition coefficient (Wildman–Crippen LogP) is 1.77. The summed E-state index contributed by atoms with van der Waals surface area (Å²) < 4.78 is 55.3. The van der Waals surface area contributed by atoms with Gasteiger partial charge < -0.3 is 10.5 Å². The van der Waals surface area contributed by atoms with Gasteiger partial charge in [-0.1, -0.05) is 0 Å². The Morgan fingerprint density at radius 3 is 2.24 bits per heavy atom. The third-order valence-electron chi connectivity index (χ3n) is 2.43. The molecular weight excluding hydrogens is 326 g/mol. The summed E-state index contributed by atoms with van der Waals surface area (Å²) in [5.74, 6) is 0.183. The normalized spacial score (nSPS) is 12.1. The molecule has 0 aromatic heterocycles. The molecule has 0 aliphatic heterocycles. The summed E-state index contributed by atoms with van der Waals surface area (Å²) in [6.07, 6.45) is -2.58. The molecule has 0 saturated heterocycles. The maximum atomic E-state index is 12.1. The third kappa shape index (κ3) is 6.56. The molecule has 0 atom stereocenters. The second-order valence-corrected chi connectivity index (χ2v) is 6.55. The molecule has 0 aliphatic carbocycles. The molecule has 0 radical (unpaired) electrons. The largest absolute Gasteiger partial charge is 0.488 e. The zero-order valence-electron chi connectivity index (χ0n) is 11.7. The monoisotopic (exact) mass is 344 g/mol. The van der Waals surface area contributed by atoms with E-state index in [1.54, 1.807) is 13.8 Å². The first-order chi connectivity index (χ1) is 9.16. The fraction of sp³-hybridized carbons (Fsp3) is 0.500. The minimum absolute atomic E-state index is 0. The van der Waals surface area contributed by atoms with Crippen molar-refractivity contribution in [3.8, 4) is 5.75 Å². The molecule has 1 aromatic carbocycles. The quantitative estimate of drug-likeness (QED) is 0.789. The fourth-order valence-corrected chi connectivity index (χ4v) is 2.76. The van der Waals surface area contributed by atoms with E-state index in [1.165, 1.54) is 24.3 Å². The van der Waals surface area contributed by atoms with Crippen molar-refractivity contribution in [2.75, 3.05) is 13.2 Å². The smallest absolute Gasteiger partial charge is 0.272 e. The summed E-state index contributed by atoms with van der Waals surface area (Å²) in [7, 11) is -3.71. The molecule has 0 heterocycles. The maximum Gasteiger partial charge on any atom is 0.272 e. The van der Waals surface area contributed by atoms with Crippen molar-refractivity contribution in [2.45, 2.75) is 30.7 Å². The number of hydrogen-bond donors (Lipinski definition) is 2. The molecule has 5 nitrogen and oxygen atoms in total. The Balaban J connectivity index is 0.00000400. The van der Waals surface area contributed by atoms with Crippen LogP contribution in [0.2, 0.25) is 0 Å². The number of nitrogens with two attached hydrogens (primary N) is 1. The minimum Gasteiger partial charge on any atom is -0.488 e. The number of halogens is 3. The summed E-state index contributed by atoms with van der Waals surface area (Å²) in [5, 5.41) is 0. The topological polar surface area (TPSA) is 81.4 Å². The summed E-state index contributed by atoms with van der Waals surface area (Å²) in [5.41, 5.74) is 4.69. The van der Waals surface area contributed by atoms with Crippen molar-refractivity contribution in [1.82, 2.24) is 4.72 Å². The van der Waals surface area contributed by atoms with E-state index in [0.717, 1.165) is 0 Å². The molecule has 0 aliphatic rings. The molecule has 1 rings (SSSR count). The summed E-state index contributed by atoms with van der Waals surface area (Å²) in [6, 6.07) is 5.23. The van der Waals surface area contributed by atoms with Gasteiger partial charge in [0.1, 0.15) is 12.4 Å². The minimum atomic E-state index is -3.71. The lowest BCUT2D eigenvalue weighted by atomic mass is 10.1. The molecule has 0 unspecified atom stereocenters. The van der Waals surface area contributed by atoms with Gasteiger partial charge in [-0.25, -0.2) is 21.9 Å². The van der Waals surface area contributed by atoms with E-state index in [-0.39, 0.29) is 29.6 Å². The van der Waals surface area contributed by atoms with Gasteiger partial charge >= 0.3 is 0 Å². The summed E-state index contributed by atoms with van der Waals surface area (Å²) in [4.78, 5) is 0.0171. The van der Waals surface area contributed by atoms with Crippen LogP contribution in [-0.4, -0.2) is 33.5 Å². The highest BCUT2D eigenvalue weighted by atomic mass is 35.5. The van der Waals surface area contributed by atoms with Gasteiger partial charge in [0.2, 0.25) is 10.0 Å². The van der Waals surface area contributed by atoms with Gasteiger partial charge in [-0.2, -0.15) is 0 Å². The van der Waals surface area contributed by atoms with Crippen LogP contribution in [-0.2, 0) is 10.0 Å². The molecule has 0 bridgehead atoms. The SMILES string of the molecule is CC(C)(CN)NS(=O)(=O)c1ccc(OCC(F)F)cc1.Cl. The van der Waals surface area contributed by atoms with Crippen molar-refractivity contribution in [3.05, 3.63) is 24.3 Å². The van der Waals surface area contributed by atoms with E-state index < -0.39 is 28.6 Å². The lowest BCUT2D eigenvalue weighted by Gasteiger charge is -2.23. The Bertz CT molecular complexity index is 536. The number of hydrogen-bond acceptors (Lipinski definition) is 4. The van der Waals surface area contributed by atoms with Crippen molar-refractivity contribution < 1.29 is 21.9 Å². The van der Waals surface area contributed by atoms with Crippen LogP contribution in [0.5, 0.6) is 5.75 Å². The highest BCUT2D eigenvalue weighted by Gasteiger charge is 2.24.